The first-order valence-corrected chi connectivity index (χ1v) is 6.82. The second kappa shape index (κ2) is 6.03. The topological polar surface area (TPSA) is 3.24 Å². The van der Waals surface area contributed by atoms with Gasteiger partial charge in [-0.05, 0) is 43.0 Å². The van der Waals surface area contributed by atoms with Crippen molar-refractivity contribution in [3.05, 3.63) is 34.6 Å². The molecule has 0 bridgehead atoms. The molecule has 0 aliphatic carbocycles. The highest BCUT2D eigenvalue weighted by atomic mass is 35.5. The molecule has 94 valence electrons. The van der Waals surface area contributed by atoms with Gasteiger partial charge in [-0.15, -0.1) is 11.6 Å². The van der Waals surface area contributed by atoms with Crippen LogP contribution in [0.5, 0.6) is 0 Å². The molecule has 1 fully saturated rings. The van der Waals surface area contributed by atoms with Gasteiger partial charge >= 0.3 is 0 Å². The number of hydrogen-bond acceptors (Lipinski definition) is 1. The zero-order valence-electron chi connectivity index (χ0n) is 9.63. The highest BCUT2D eigenvalue weighted by molar-refractivity contribution is 6.30. The predicted molar refractivity (Wildman–Crippen MR) is 70.1 cm³/mol. The van der Waals surface area contributed by atoms with Gasteiger partial charge in [0, 0.05) is 19.0 Å². The summed E-state index contributed by atoms with van der Waals surface area (Å²) in [5.74, 6) is 0.948. The van der Waals surface area contributed by atoms with Crippen LogP contribution in [-0.2, 0) is 6.54 Å². The van der Waals surface area contributed by atoms with E-state index in [9.17, 15) is 4.39 Å². The highest BCUT2D eigenvalue weighted by Crippen LogP contribution is 2.21. The Hall–Kier alpha value is -0.310. The molecule has 1 aliphatic rings. The predicted octanol–water partition coefficient (Wildman–Crippen LogP) is 3.93. The molecule has 1 unspecified atom stereocenters. The summed E-state index contributed by atoms with van der Waals surface area (Å²) >= 11 is 11.6. The Labute approximate surface area is 112 Å². The molecule has 1 aromatic carbocycles. The number of hydrogen-bond donors (Lipinski definition) is 0. The van der Waals surface area contributed by atoms with Crippen molar-refractivity contribution in [3.63, 3.8) is 0 Å². The molecule has 0 spiro atoms. The van der Waals surface area contributed by atoms with E-state index in [2.05, 4.69) is 4.90 Å². The van der Waals surface area contributed by atoms with Crippen LogP contribution in [0.15, 0.2) is 18.2 Å². The second-order valence-electron chi connectivity index (χ2n) is 4.65. The molecule has 0 N–H and O–H groups in total. The van der Waals surface area contributed by atoms with E-state index in [1.807, 2.05) is 6.07 Å². The van der Waals surface area contributed by atoms with Crippen LogP contribution in [0.3, 0.4) is 0 Å². The molecular weight excluding hydrogens is 260 g/mol. The van der Waals surface area contributed by atoms with Crippen LogP contribution < -0.4 is 0 Å². The first-order chi connectivity index (χ1) is 8.19. The van der Waals surface area contributed by atoms with Crippen LogP contribution in [0.25, 0.3) is 0 Å². The lowest BCUT2D eigenvalue weighted by atomic mass is 9.99. The fraction of sp³-hybridized carbons (Fsp3) is 0.538. The third-order valence-electron chi connectivity index (χ3n) is 3.21. The normalized spacial score (nSPS) is 21.7. The largest absolute Gasteiger partial charge is 0.299 e. The number of alkyl halides is 1. The van der Waals surface area contributed by atoms with Crippen LogP contribution in [0.2, 0.25) is 5.02 Å². The Morgan fingerprint density at radius 2 is 2.24 bits per heavy atom. The average molecular weight is 276 g/mol. The molecule has 0 saturated carbocycles. The van der Waals surface area contributed by atoms with Crippen LogP contribution in [0.1, 0.15) is 18.4 Å². The van der Waals surface area contributed by atoms with Gasteiger partial charge in [0.2, 0.25) is 0 Å². The molecule has 1 heterocycles. The summed E-state index contributed by atoms with van der Waals surface area (Å²) < 4.78 is 13.3. The van der Waals surface area contributed by atoms with Crippen LogP contribution in [-0.4, -0.2) is 23.9 Å². The first kappa shape index (κ1) is 13.1. The zero-order valence-corrected chi connectivity index (χ0v) is 11.1. The molecule has 1 aliphatic heterocycles. The van der Waals surface area contributed by atoms with Gasteiger partial charge < -0.3 is 0 Å². The summed E-state index contributed by atoms with van der Waals surface area (Å²) in [5, 5.41) is 0.186. The number of piperidine rings is 1. The Morgan fingerprint density at radius 3 is 2.94 bits per heavy atom. The summed E-state index contributed by atoms with van der Waals surface area (Å²) in [7, 11) is 0. The van der Waals surface area contributed by atoms with Crippen molar-refractivity contribution in [2.24, 2.45) is 5.92 Å². The quantitative estimate of drug-likeness (QED) is 0.756. The van der Waals surface area contributed by atoms with Gasteiger partial charge in [0.05, 0.1) is 5.02 Å². The van der Waals surface area contributed by atoms with E-state index in [1.165, 1.54) is 18.9 Å². The molecule has 4 heteroatoms. The van der Waals surface area contributed by atoms with Crippen LogP contribution >= 0.6 is 23.2 Å². The highest BCUT2D eigenvalue weighted by Gasteiger charge is 2.19. The molecule has 0 radical (unpaired) electrons. The molecule has 0 amide bonds. The molecule has 1 saturated heterocycles. The third-order valence-corrected chi connectivity index (χ3v) is 3.95. The fourth-order valence-corrected chi connectivity index (χ4v) is 2.69. The van der Waals surface area contributed by atoms with Crippen molar-refractivity contribution < 1.29 is 4.39 Å². The molecule has 1 aromatic rings. The monoisotopic (exact) mass is 275 g/mol. The number of rotatable bonds is 3. The Bertz CT molecular complexity index is 384. The van der Waals surface area contributed by atoms with Crippen molar-refractivity contribution in [1.29, 1.82) is 0 Å². The molecule has 2 rings (SSSR count). The maximum absolute atomic E-state index is 13.3. The van der Waals surface area contributed by atoms with E-state index < -0.39 is 0 Å². The van der Waals surface area contributed by atoms with Crippen molar-refractivity contribution in [2.45, 2.75) is 19.4 Å². The lowest BCUT2D eigenvalue weighted by molar-refractivity contribution is 0.178. The standard InChI is InChI=1S/C13H16Cl2FN/c14-7-11-2-1-5-17(9-11)8-10-3-4-12(15)13(16)6-10/h3-4,6,11H,1-2,5,7-9H2. The minimum Gasteiger partial charge on any atom is -0.299 e. The van der Waals surface area contributed by atoms with Gasteiger partial charge in [0.1, 0.15) is 5.82 Å². The van der Waals surface area contributed by atoms with Crippen LogP contribution in [0.4, 0.5) is 4.39 Å². The minimum atomic E-state index is -0.338. The van der Waals surface area contributed by atoms with Crippen LogP contribution in [0, 0.1) is 11.7 Å². The molecule has 1 nitrogen and oxygen atoms in total. The number of nitrogens with zero attached hydrogens (tertiary/aromatic N) is 1. The van der Waals surface area contributed by atoms with E-state index in [0.29, 0.717) is 11.8 Å². The number of benzene rings is 1. The third kappa shape index (κ3) is 3.57. The van der Waals surface area contributed by atoms with Crippen molar-refractivity contribution in [2.75, 3.05) is 19.0 Å². The lowest BCUT2D eigenvalue weighted by Gasteiger charge is -2.31. The SMILES string of the molecule is Fc1cc(CN2CCCC(CCl)C2)ccc1Cl. The Morgan fingerprint density at radius 1 is 1.41 bits per heavy atom. The van der Waals surface area contributed by atoms with Gasteiger partial charge in [0.25, 0.3) is 0 Å². The van der Waals surface area contributed by atoms with E-state index in [-0.39, 0.29) is 10.8 Å². The molecule has 17 heavy (non-hydrogen) atoms. The van der Waals surface area contributed by atoms with Crippen molar-refractivity contribution in [3.8, 4) is 0 Å². The summed E-state index contributed by atoms with van der Waals surface area (Å²) in [6.07, 6.45) is 2.38. The fourth-order valence-electron chi connectivity index (χ4n) is 2.32. The molecule has 0 aromatic heterocycles. The Balaban J connectivity index is 1.97. The summed E-state index contributed by atoms with van der Waals surface area (Å²) in [6, 6.07) is 5.03. The maximum atomic E-state index is 13.3. The van der Waals surface area contributed by atoms with E-state index >= 15 is 0 Å². The second-order valence-corrected chi connectivity index (χ2v) is 5.36. The number of halogens is 3. The average Bonchev–Trinajstić information content (AvgIpc) is 2.34. The van der Waals surface area contributed by atoms with Gasteiger partial charge in [0.15, 0.2) is 0 Å². The van der Waals surface area contributed by atoms with E-state index in [1.54, 1.807) is 6.07 Å². The van der Waals surface area contributed by atoms with Gasteiger partial charge in [-0.1, -0.05) is 17.7 Å². The van der Waals surface area contributed by atoms with E-state index in [0.717, 1.165) is 25.2 Å². The van der Waals surface area contributed by atoms with Gasteiger partial charge in [-0.3, -0.25) is 4.90 Å². The minimum absolute atomic E-state index is 0.186. The van der Waals surface area contributed by atoms with Gasteiger partial charge in [-0.25, -0.2) is 4.39 Å². The van der Waals surface area contributed by atoms with Crippen molar-refractivity contribution >= 4 is 23.2 Å². The Kier molecular flexibility index (Phi) is 4.66. The smallest absolute Gasteiger partial charge is 0.142 e. The maximum Gasteiger partial charge on any atom is 0.142 e. The van der Waals surface area contributed by atoms with Crippen molar-refractivity contribution in [1.82, 2.24) is 4.90 Å². The lowest BCUT2D eigenvalue weighted by Crippen LogP contribution is -2.35. The first-order valence-electron chi connectivity index (χ1n) is 5.91. The van der Waals surface area contributed by atoms with E-state index in [4.69, 9.17) is 23.2 Å². The zero-order chi connectivity index (χ0) is 12.3. The molecular formula is C13H16Cl2FN. The summed E-state index contributed by atoms with van der Waals surface area (Å²) in [4.78, 5) is 2.33. The number of likely N-dealkylation sites (tertiary alicyclic amines) is 1. The summed E-state index contributed by atoms with van der Waals surface area (Å²) in [6.45, 7) is 2.85. The van der Waals surface area contributed by atoms with Gasteiger partial charge in [-0.2, -0.15) is 0 Å². The summed E-state index contributed by atoms with van der Waals surface area (Å²) in [5.41, 5.74) is 0.974. The molecule has 1 atom stereocenters.